The first-order valence-corrected chi connectivity index (χ1v) is 18.3. The quantitative estimate of drug-likeness (QED) is 0.0418. The van der Waals surface area contributed by atoms with Crippen LogP contribution >= 0.6 is 0 Å². The number of piperazine rings is 1. The fourth-order valence-corrected chi connectivity index (χ4v) is 7.54. The fraction of sp³-hybridized carbons (Fsp3) is 0.471. The number of urea groups is 1. The number of esters is 4. The lowest BCUT2D eigenvalue weighted by Gasteiger charge is -2.49. The SMILES string of the molecule is CCN1CCN(C(=O)NC(C(=O)NC(OC(C)=O)C2=C(C(=O)OC(C)(C)C)N3C(=O)[C@@H](NC=O)[C@H]3[S+]([O-])C2)c2ccc(OC(C)=O)c(OC(C)=O)c2)C(=O)C1=O. The molecule has 4 rings (SSSR count). The van der Waals surface area contributed by atoms with Gasteiger partial charge in [0, 0.05) is 40.4 Å². The van der Waals surface area contributed by atoms with E-state index in [-0.39, 0.29) is 48.7 Å². The van der Waals surface area contributed by atoms with Crippen LogP contribution in [0.4, 0.5) is 4.79 Å². The molecule has 3 N–H and O–H groups in total. The number of carbonyl (C=O) groups is 10. The highest BCUT2D eigenvalue weighted by atomic mass is 32.2. The Morgan fingerprint density at radius 1 is 0.946 bits per heavy atom. The van der Waals surface area contributed by atoms with Crippen molar-refractivity contribution in [2.45, 2.75) is 77.8 Å². The van der Waals surface area contributed by atoms with Crippen LogP contribution in [0.5, 0.6) is 11.5 Å². The molecule has 0 aromatic heterocycles. The van der Waals surface area contributed by atoms with Crippen LogP contribution in [0.15, 0.2) is 29.5 Å². The number of ether oxygens (including phenoxy) is 4. The molecule has 2 saturated heterocycles. The zero-order valence-electron chi connectivity index (χ0n) is 31.3. The van der Waals surface area contributed by atoms with E-state index in [4.69, 9.17) is 18.9 Å². The van der Waals surface area contributed by atoms with Gasteiger partial charge in [0.25, 0.3) is 5.91 Å². The standard InChI is InChI=1S/C34H40N6O15S/c1-8-38-11-12-39(30(48)29(38)47)33(50)36-23(19-9-10-21(52-16(2)42)22(13-19)53-17(3)43)26(45)37-27(54-18(4)44)20-14-56(51)31-24(35-15-41)28(46)40(31)25(20)32(49)55-34(5,6)7/h9-10,13,15,23-24,27,31H,8,11-12,14H2,1-7H3,(H,35,41)(H,36,50)(H,37,45)/t23?,24-,27?,31-,56?/m1/s1. The molecule has 302 valence electrons. The van der Waals surface area contributed by atoms with Crippen LogP contribution in [-0.2, 0) is 63.8 Å². The lowest BCUT2D eigenvalue weighted by Crippen LogP contribution is -2.74. The van der Waals surface area contributed by atoms with Crippen molar-refractivity contribution in [1.82, 2.24) is 30.7 Å². The molecule has 1 aromatic carbocycles. The summed E-state index contributed by atoms with van der Waals surface area (Å²) in [6, 6.07) is -1.03. The summed E-state index contributed by atoms with van der Waals surface area (Å²) in [7, 11) is 0. The number of rotatable bonds is 12. The van der Waals surface area contributed by atoms with Gasteiger partial charge in [-0.05, 0) is 56.6 Å². The van der Waals surface area contributed by atoms with Crippen LogP contribution in [-0.4, -0.2) is 128 Å². The molecule has 56 heavy (non-hydrogen) atoms. The van der Waals surface area contributed by atoms with E-state index in [0.29, 0.717) is 4.90 Å². The normalized spacial score (nSPS) is 20.5. The summed E-state index contributed by atoms with van der Waals surface area (Å²) in [5.74, 6) is -9.34. The van der Waals surface area contributed by atoms with E-state index in [0.717, 1.165) is 37.8 Å². The highest BCUT2D eigenvalue weighted by Gasteiger charge is 2.62. The summed E-state index contributed by atoms with van der Waals surface area (Å²) >= 11 is -2.07. The number of amides is 7. The van der Waals surface area contributed by atoms with Crippen molar-refractivity contribution in [3.63, 3.8) is 0 Å². The molecule has 7 amide bonds. The fourth-order valence-electron chi connectivity index (χ4n) is 5.83. The summed E-state index contributed by atoms with van der Waals surface area (Å²) in [6.45, 7) is 9.15. The maximum Gasteiger partial charge on any atom is 0.356 e. The van der Waals surface area contributed by atoms with Crippen LogP contribution in [0.3, 0.4) is 0 Å². The number of nitrogens with zero attached hydrogens (tertiary/aromatic N) is 3. The number of benzene rings is 1. The van der Waals surface area contributed by atoms with Crippen LogP contribution < -0.4 is 25.4 Å². The van der Waals surface area contributed by atoms with Crippen molar-refractivity contribution in [1.29, 1.82) is 0 Å². The van der Waals surface area contributed by atoms with Gasteiger partial charge in [0.1, 0.15) is 23.1 Å². The third kappa shape index (κ3) is 9.42. The van der Waals surface area contributed by atoms with E-state index < -0.39 is 105 Å². The van der Waals surface area contributed by atoms with Crippen molar-refractivity contribution in [2.24, 2.45) is 0 Å². The minimum absolute atomic E-state index is 0.0221. The molecule has 5 atom stereocenters. The van der Waals surface area contributed by atoms with Gasteiger partial charge < -0.3 is 44.4 Å². The predicted octanol–water partition coefficient (Wildman–Crippen LogP) is -1.37. The average Bonchev–Trinajstić information content (AvgIpc) is 3.09. The zero-order valence-corrected chi connectivity index (χ0v) is 32.1. The Labute approximate surface area is 322 Å². The van der Waals surface area contributed by atoms with Gasteiger partial charge in [-0.1, -0.05) is 6.07 Å². The Hall–Kier alpha value is -6.03. The highest BCUT2D eigenvalue weighted by Crippen LogP contribution is 2.39. The van der Waals surface area contributed by atoms with Crippen molar-refractivity contribution in [3.8, 4) is 11.5 Å². The minimum Gasteiger partial charge on any atom is -0.614 e. The van der Waals surface area contributed by atoms with E-state index in [2.05, 4.69) is 16.0 Å². The summed E-state index contributed by atoms with van der Waals surface area (Å²) in [5, 5.41) is 5.73. The highest BCUT2D eigenvalue weighted by molar-refractivity contribution is 7.92. The summed E-state index contributed by atoms with van der Waals surface area (Å²) in [6.07, 6.45) is -1.75. The van der Waals surface area contributed by atoms with E-state index >= 15 is 0 Å². The Balaban J connectivity index is 1.83. The largest absolute Gasteiger partial charge is 0.614 e. The average molecular weight is 805 g/mol. The molecule has 0 aliphatic carbocycles. The van der Waals surface area contributed by atoms with Crippen LogP contribution in [0.25, 0.3) is 0 Å². The molecule has 0 bridgehead atoms. The number of hydrogen-bond donors (Lipinski definition) is 3. The van der Waals surface area contributed by atoms with Crippen LogP contribution in [0.2, 0.25) is 0 Å². The minimum atomic E-state index is -2.07. The second-order valence-electron chi connectivity index (χ2n) is 13.4. The first kappa shape index (κ1) is 42.7. The van der Waals surface area contributed by atoms with Gasteiger partial charge in [0.05, 0.1) is 5.57 Å². The van der Waals surface area contributed by atoms with Gasteiger partial charge in [0.15, 0.2) is 17.5 Å². The van der Waals surface area contributed by atoms with E-state index in [1.807, 2.05) is 0 Å². The van der Waals surface area contributed by atoms with Crippen LogP contribution in [0.1, 0.15) is 60.1 Å². The molecular formula is C34H40N6O15S. The molecular weight excluding hydrogens is 764 g/mol. The van der Waals surface area contributed by atoms with Crippen molar-refractivity contribution < 1.29 is 71.4 Å². The van der Waals surface area contributed by atoms with Crippen molar-refractivity contribution in [2.75, 3.05) is 25.4 Å². The van der Waals surface area contributed by atoms with Gasteiger partial charge in [-0.2, -0.15) is 0 Å². The molecule has 0 spiro atoms. The lowest BCUT2D eigenvalue weighted by atomic mass is 10.0. The molecule has 1 aromatic rings. The first-order valence-electron chi connectivity index (χ1n) is 16.9. The summed E-state index contributed by atoms with van der Waals surface area (Å²) < 4.78 is 34.8. The Kier molecular flexibility index (Phi) is 13.1. The zero-order chi connectivity index (χ0) is 41.8. The number of likely N-dealkylation sites (N-methyl/N-ethyl adjacent to an activating group) is 1. The maximum absolute atomic E-state index is 14.4. The van der Waals surface area contributed by atoms with Gasteiger partial charge in [-0.15, -0.1) is 0 Å². The molecule has 3 aliphatic rings. The lowest BCUT2D eigenvalue weighted by molar-refractivity contribution is -0.160. The van der Waals surface area contributed by atoms with E-state index in [1.165, 1.54) is 31.7 Å². The molecule has 0 saturated carbocycles. The third-order valence-electron chi connectivity index (χ3n) is 8.14. The van der Waals surface area contributed by atoms with E-state index in [1.54, 1.807) is 6.92 Å². The van der Waals surface area contributed by atoms with Gasteiger partial charge >= 0.3 is 41.7 Å². The molecule has 3 unspecified atom stereocenters. The topological polar surface area (TPSA) is 276 Å². The van der Waals surface area contributed by atoms with Crippen molar-refractivity contribution >= 4 is 71.1 Å². The third-order valence-corrected chi connectivity index (χ3v) is 9.76. The van der Waals surface area contributed by atoms with Gasteiger partial charge in [0.2, 0.25) is 23.9 Å². The van der Waals surface area contributed by atoms with Crippen molar-refractivity contribution in [3.05, 3.63) is 35.0 Å². The number of fused-ring (bicyclic) bond motifs is 1. The second-order valence-corrected chi connectivity index (χ2v) is 14.9. The molecule has 3 heterocycles. The molecule has 0 radical (unpaired) electrons. The summed E-state index contributed by atoms with van der Waals surface area (Å²) in [4.78, 5) is 130. The smallest absolute Gasteiger partial charge is 0.356 e. The molecule has 21 nitrogen and oxygen atoms in total. The Morgan fingerprint density at radius 3 is 2.16 bits per heavy atom. The number of β-lactam (4-membered cyclic amide) rings is 1. The number of hydrogen-bond acceptors (Lipinski definition) is 15. The number of nitrogens with one attached hydrogen (secondary N) is 3. The molecule has 2 fully saturated rings. The van der Waals surface area contributed by atoms with Gasteiger partial charge in [-0.3, -0.25) is 48.2 Å². The number of carbonyl (C=O) groups excluding carboxylic acids is 10. The Morgan fingerprint density at radius 2 is 1.59 bits per heavy atom. The van der Waals surface area contributed by atoms with Gasteiger partial charge in [-0.25, -0.2) is 9.59 Å². The van der Waals surface area contributed by atoms with Crippen LogP contribution in [0, 0.1) is 0 Å². The summed E-state index contributed by atoms with van der Waals surface area (Å²) in [5.41, 5.74) is -2.22. The Bertz CT molecular complexity index is 1890. The molecule has 3 aliphatic heterocycles. The van der Waals surface area contributed by atoms with E-state index in [9.17, 15) is 52.5 Å². The molecule has 22 heteroatoms. The predicted molar refractivity (Wildman–Crippen MR) is 187 cm³/mol. The maximum atomic E-state index is 14.4. The second kappa shape index (κ2) is 17.2. The number of imide groups is 1. The monoisotopic (exact) mass is 804 g/mol. The first-order chi connectivity index (χ1) is 26.2.